The summed E-state index contributed by atoms with van der Waals surface area (Å²) < 4.78 is 6.47. The minimum Gasteiger partial charge on any atom is -0.352 e. The fraction of sp³-hybridized carbons (Fsp3) is 0. The van der Waals surface area contributed by atoms with E-state index in [1.54, 1.807) is 0 Å². The van der Waals surface area contributed by atoms with Crippen LogP contribution in [-0.4, -0.2) is 19.9 Å². The maximum absolute atomic E-state index is 5.84. The van der Waals surface area contributed by atoms with Crippen molar-refractivity contribution in [3.63, 3.8) is 0 Å². The van der Waals surface area contributed by atoms with Gasteiger partial charge in [0.1, 0.15) is 0 Å². The summed E-state index contributed by atoms with van der Waals surface area (Å²) in [6, 6.07) is 42.0. The fourth-order valence-corrected chi connectivity index (χ4v) is 12.3. The number of rotatable bonds is 4. The van der Waals surface area contributed by atoms with Crippen molar-refractivity contribution in [3.05, 3.63) is 182 Å². The molecule has 57 heavy (non-hydrogen) atoms. The number of fused-ring (bicyclic) bond motifs is 8. The third kappa shape index (κ3) is 7.19. The minimum absolute atomic E-state index is 0. The van der Waals surface area contributed by atoms with Gasteiger partial charge in [-0.2, -0.15) is 0 Å². The van der Waals surface area contributed by atoms with E-state index in [1.165, 1.54) is 0 Å². The second-order valence-corrected chi connectivity index (χ2v) is 19.2. The second-order valence-electron chi connectivity index (χ2n) is 12.8. The van der Waals surface area contributed by atoms with Crippen molar-refractivity contribution >= 4 is 170 Å². The van der Waals surface area contributed by atoms with Crippen molar-refractivity contribution in [1.82, 2.24) is 19.9 Å². The van der Waals surface area contributed by atoms with Crippen LogP contribution in [0.1, 0.15) is 33.9 Å². The molecule has 0 unspecified atom stereocenters. The predicted octanol–water partition coefficient (Wildman–Crippen LogP) is 16.8. The van der Waals surface area contributed by atoms with Crippen LogP contribution < -0.4 is 0 Å². The van der Waals surface area contributed by atoms with Crippen molar-refractivity contribution in [3.8, 4) is 22.3 Å². The molecule has 8 bridgehead atoms. The molecule has 4 nitrogen and oxygen atoms in total. The van der Waals surface area contributed by atoms with E-state index in [2.05, 4.69) is 247 Å². The first kappa shape index (κ1) is 41.6. The van der Waals surface area contributed by atoms with Crippen molar-refractivity contribution in [1.29, 1.82) is 0 Å². The van der Waals surface area contributed by atoms with Gasteiger partial charge in [-0.15, -0.1) is 0 Å². The average Bonchev–Trinajstić information content (AvgIpc) is 3.94. The van der Waals surface area contributed by atoms with Crippen LogP contribution in [0.25, 0.3) is 64.4 Å². The monoisotopic (exact) mass is 1300 g/mol. The van der Waals surface area contributed by atoms with E-state index in [-0.39, 0.29) is 17.1 Å². The van der Waals surface area contributed by atoms with Crippen LogP contribution in [-0.2, 0) is 17.1 Å². The van der Waals surface area contributed by atoms with Crippen molar-refractivity contribution in [2.75, 3.05) is 0 Å². The zero-order valence-electron chi connectivity index (χ0n) is 28.8. The first-order chi connectivity index (χ1) is 27.2. The minimum atomic E-state index is 0. The molecule has 3 aromatic heterocycles. The number of benzene rings is 4. The standard InChI is InChI=1S/C44H22Br8N4.Cu/c45-29-31(47)41-35(51)43-33(49)34(50)44(56-43)36(52)42-32(48)30(46)40(55-42)28(24-19-11-4-12-20-24)38-26(22-15-7-2-8-16-22)25(21-13-5-1-6-14-21)37(53-38)27(39(29)54-41)23-17-9-3-10-18-23;/h1-20,54-55H;/q;+2. The Morgan fingerprint density at radius 2 is 0.596 bits per heavy atom. The van der Waals surface area contributed by atoms with Gasteiger partial charge in [0, 0.05) is 22.3 Å². The number of aromatic amines is 2. The molecule has 5 heterocycles. The first-order valence-electron chi connectivity index (χ1n) is 17.0. The molecule has 4 aromatic carbocycles. The van der Waals surface area contributed by atoms with E-state index in [0.29, 0.717) is 11.4 Å². The third-order valence-corrected chi connectivity index (χ3v) is 17.5. The average molecular weight is 1310 g/mol. The maximum Gasteiger partial charge on any atom is 2.00 e. The van der Waals surface area contributed by atoms with E-state index in [0.717, 1.165) is 114 Å². The Morgan fingerprint density at radius 1 is 0.316 bits per heavy atom. The van der Waals surface area contributed by atoms with E-state index in [4.69, 9.17) is 9.97 Å². The van der Waals surface area contributed by atoms with Crippen molar-refractivity contribution < 1.29 is 17.1 Å². The second kappa shape index (κ2) is 17.1. The molecule has 0 fully saturated rings. The van der Waals surface area contributed by atoms with Gasteiger partial charge in [-0.25, -0.2) is 9.97 Å². The normalized spacial score (nSPS) is 12.6. The molecule has 2 aliphatic rings. The van der Waals surface area contributed by atoms with Crippen LogP contribution in [0.15, 0.2) is 148 Å². The molecular weight excluding hydrogens is 1290 g/mol. The number of hydrogen-bond donors (Lipinski definition) is 2. The molecule has 0 saturated carbocycles. The quantitative estimate of drug-likeness (QED) is 0.173. The van der Waals surface area contributed by atoms with Crippen LogP contribution in [0.2, 0.25) is 0 Å². The molecule has 2 N–H and O–H groups in total. The largest absolute Gasteiger partial charge is 2.00 e. The van der Waals surface area contributed by atoms with Crippen molar-refractivity contribution in [2.45, 2.75) is 0 Å². The molecule has 0 aliphatic carbocycles. The van der Waals surface area contributed by atoms with Crippen LogP contribution in [0.4, 0.5) is 0 Å². The number of nitrogens with zero attached hydrogens (tertiary/aromatic N) is 2. The van der Waals surface area contributed by atoms with E-state index in [9.17, 15) is 0 Å². The summed E-state index contributed by atoms with van der Waals surface area (Å²) in [5.74, 6) is 0. The van der Waals surface area contributed by atoms with Gasteiger partial charge in [0.2, 0.25) is 0 Å². The maximum atomic E-state index is 5.84. The van der Waals surface area contributed by atoms with E-state index < -0.39 is 0 Å². The fourth-order valence-electron chi connectivity index (χ4n) is 7.10. The number of halogens is 8. The molecule has 7 aromatic rings. The van der Waals surface area contributed by atoms with Crippen LogP contribution in [0.5, 0.6) is 0 Å². The van der Waals surface area contributed by atoms with Crippen LogP contribution >= 0.6 is 127 Å². The summed E-state index contributed by atoms with van der Waals surface area (Å²) in [4.78, 5) is 18.6. The Morgan fingerprint density at radius 3 is 0.930 bits per heavy atom. The Labute approximate surface area is 406 Å². The third-order valence-electron chi connectivity index (χ3n) is 9.62. The number of nitrogens with one attached hydrogen (secondary N) is 2. The summed E-state index contributed by atoms with van der Waals surface area (Å²) in [5, 5.41) is 0. The predicted molar refractivity (Wildman–Crippen MR) is 261 cm³/mol. The van der Waals surface area contributed by atoms with E-state index >= 15 is 0 Å². The topological polar surface area (TPSA) is 57.4 Å². The molecule has 9 rings (SSSR count). The SMILES string of the molecule is BrC1=C(Br)c2nc1c(Br)c1[nH]c(c(Br)c1Br)c(-c1ccccc1)c1nc(c(-c3ccccc3)c3[nH]c(c2Br)c(Br)c3Br)C(c2ccccc2)=C1c1ccccc1.[Cu+2]. The molecular formula is C44H22Br8CuN4+2. The van der Waals surface area contributed by atoms with E-state index in [1.807, 2.05) is 12.1 Å². The Kier molecular flexibility index (Phi) is 12.4. The molecule has 1 radical (unpaired) electrons. The zero-order valence-corrected chi connectivity index (χ0v) is 42.4. The van der Waals surface area contributed by atoms with Gasteiger partial charge in [0.05, 0.1) is 80.6 Å². The van der Waals surface area contributed by atoms with Gasteiger partial charge in [-0.1, -0.05) is 121 Å². The molecule has 2 aliphatic heterocycles. The molecule has 0 atom stereocenters. The smallest absolute Gasteiger partial charge is 0.352 e. The number of H-pyrrole nitrogens is 2. The summed E-state index contributed by atoms with van der Waals surface area (Å²) in [5.41, 5.74) is 14.3. The Bertz CT molecular complexity index is 2780. The summed E-state index contributed by atoms with van der Waals surface area (Å²) in [6.45, 7) is 0. The van der Waals surface area contributed by atoms with Crippen molar-refractivity contribution in [2.24, 2.45) is 0 Å². The van der Waals surface area contributed by atoms with Gasteiger partial charge >= 0.3 is 17.1 Å². The van der Waals surface area contributed by atoms with Crippen LogP contribution in [0, 0.1) is 0 Å². The van der Waals surface area contributed by atoms with Gasteiger partial charge in [-0.05, 0) is 150 Å². The molecule has 0 saturated heterocycles. The number of hydrogen-bond acceptors (Lipinski definition) is 2. The van der Waals surface area contributed by atoms with Crippen LogP contribution in [0.3, 0.4) is 0 Å². The molecule has 0 amide bonds. The van der Waals surface area contributed by atoms with Gasteiger partial charge in [-0.3, -0.25) is 0 Å². The summed E-state index contributed by atoms with van der Waals surface area (Å²) >= 11 is 31.6. The summed E-state index contributed by atoms with van der Waals surface area (Å²) in [6.07, 6.45) is 0. The molecule has 13 heteroatoms. The van der Waals surface area contributed by atoms with Gasteiger partial charge < -0.3 is 9.97 Å². The Hall–Kier alpha value is -2.16. The molecule has 283 valence electrons. The first-order valence-corrected chi connectivity index (χ1v) is 23.4. The summed E-state index contributed by atoms with van der Waals surface area (Å²) in [7, 11) is 0. The Balaban J connectivity index is 0.00000455. The van der Waals surface area contributed by atoms with Gasteiger partial charge in [0.25, 0.3) is 0 Å². The zero-order chi connectivity index (χ0) is 38.8. The van der Waals surface area contributed by atoms with Gasteiger partial charge in [0.15, 0.2) is 0 Å². The molecule has 0 spiro atoms. The number of aromatic nitrogens is 4.